The molecule has 1 saturated carbocycles. The molecule has 2 aliphatic rings. The van der Waals surface area contributed by atoms with E-state index in [9.17, 15) is 9.18 Å². The first-order valence-corrected chi connectivity index (χ1v) is 11.1. The number of methoxy groups -OCH3 is 1. The van der Waals surface area contributed by atoms with E-state index in [2.05, 4.69) is 27.6 Å². The first-order valence-electron chi connectivity index (χ1n) is 10.7. The van der Waals surface area contributed by atoms with Crippen LogP contribution in [0.5, 0.6) is 5.75 Å². The SMILES string of the molecule is COc1c(Cl)cccc1Nn1c(-c2ccncc2C#CC2(CF)CC2)cc2c1CCNC2=O. The highest BCUT2D eigenvalue weighted by Gasteiger charge is 2.41. The van der Waals surface area contributed by atoms with Gasteiger partial charge in [-0.1, -0.05) is 29.5 Å². The van der Waals surface area contributed by atoms with Gasteiger partial charge in [-0.3, -0.25) is 19.9 Å². The summed E-state index contributed by atoms with van der Waals surface area (Å²) in [5.41, 5.74) is 7.16. The molecule has 168 valence electrons. The van der Waals surface area contributed by atoms with E-state index < -0.39 is 12.1 Å². The molecule has 1 aliphatic carbocycles. The summed E-state index contributed by atoms with van der Waals surface area (Å²) in [5, 5.41) is 3.36. The Balaban J connectivity index is 1.66. The Kier molecular flexibility index (Phi) is 5.47. The predicted molar refractivity (Wildman–Crippen MR) is 125 cm³/mol. The Morgan fingerprint density at radius 2 is 2.18 bits per heavy atom. The lowest BCUT2D eigenvalue weighted by Crippen LogP contribution is -2.33. The molecule has 2 aromatic heterocycles. The van der Waals surface area contributed by atoms with Gasteiger partial charge >= 0.3 is 0 Å². The summed E-state index contributed by atoms with van der Waals surface area (Å²) < 4.78 is 20.7. The molecule has 0 spiro atoms. The molecule has 8 heteroatoms. The van der Waals surface area contributed by atoms with Gasteiger partial charge in [0.05, 0.1) is 45.7 Å². The van der Waals surface area contributed by atoms with Gasteiger partial charge in [-0.05, 0) is 37.1 Å². The van der Waals surface area contributed by atoms with E-state index in [1.165, 1.54) is 0 Å². The largest absolute Gasteiger partial charge is 0.493 e. The molecule has 1 amide bonds. The van der Waals surface area contributed by atoms with Crippen LogP contribution in [-0.2, 0) is 6.42 Å². The third-order valence-corrected chi connectivity index (χ3v) is 6.36. The smallest absolute Gasteiger partial charge is 0.253 e. The number of hydrogen-bond donors (Lipinski definition) is 2. The first-order chi connectivity index (χ1) is 16.0. The minimum Gasteiger partial charge on any atom is -0.493 e. The molecule has 1 aromatic carbocycles. The van der Waals surface area contributed by atoms with Crippen LogP contribution in [0.3, 0.4) is 0 Å². The number of pyridine rings is 1. The highest BCUT2D eigenvalue weighted by atomic mass is 35.5. The maximum Gasteiger partial charge on any atom is 0.253 e. The van der Waals surface area contributed by atoms with Crippen molar-refractivity contribution in [2.45, 2.75) is 19.3 Å². The van der Waals surface area contributed by atoms with Crippen LogP contribution in [0.15, 0.2) is 42.7 Å². The van der Waals surface area contributed by atoms with Crippen molar-refractivity contribution in [1.29, 1.82) is 0 Å². The van der Waals surface area contributed by atoms with E-state index in [0.717, 1.165) is 29.8 Å². The second-order valence-electron chi connectivity index (χ2n) is 8.25. The molecule has 0 saturated heterocycles. The van der Waals surface area contributed by atoms with Gasteiger partial charge in [-0.25, -0.2) is 4.39 Å². The quantitative estimate of drug-likeness (QED) is 0.546. The minimum absolute atomic E-state index is 0.132. The Morgan fingerprint density at radius 1 is 1.33 bits per heavy atom. The summed E-state index contributed by atoms with van der Waals surface area (Å²) in [6.07, 6.45) is 5.54. The summed E-state index contributed by atoms with van der Waals surface area (Å²) in [6, 6.07) is 9.13. The molecular weight excluding hydrogens is 443 g/mol. The van der Waals surface area contributed by atoms with Crippen molar-refractivity contribution < 1.29 is 13.9 Å². The van der Waals surface area contributed by atoms with Crippen LogP contribution >= 0.6 is 11.6 Å². The third-order valence-electron chi connectivity index (χ3n) is 6.07. The van der Waals surface area contributed by atoms with E-state index >= 15 is 0 Å². The van der Waals surface area contributed by atoms with Crippen molar-refractivity contribution in [2.75, 3.05) is 25.8 Å². The number of carbonyl (C=O) groups excluding carboxylic acids is 1. The third kappa shape index (κ3) is 3.91. The van der Waals surface area contributed by atoms with Gasteiger partial charge in [0.2, 0.25) is 0 Å². The monoisotopic (exact) mass is 464 g/mol. The molecule has 33 heavy (non-hydrogen) atoms. The standard InChI is InChI=1S/C25H22ClFN4O2/c1-33-23-19(26)3-2-4-20(23)30-31-21-7-12-29-24(32)18(21)13-22(31)17-6-11-28-14-16(17)5-8-25(15-27)9-10-25/h2-4,6,11,13-14,30H,7,9-10,12,15H2,1H3,(H,29,32). The van der Waals surface area contributed by atoms with Crippen molar-refractivity contribution in [3.05, 3.63) is 64.6 Å². The molecule has 0 bridgehead atoms. The molecule has 1 fully saturated rings. The van der Waals surface area contributed by atoms with Crippen LogP contribution in [0, 0.1) is 17.3 Å². The lowest BCUT2D eigenvalue weighted by molar-refractivity contribution is 0.0945. The summed E-state index contributed by atoms with van der Waals surface area (Å²) in [4.78, 5) is 16.8. The van der Waals surface area contributed by atoms with Crippen molar-refractivity contribution >= 4 is 23.2 Å². The number of anilines is 1. The zero-order chi connectivity index (χ0) is 23.0. The molecule has 0 atom stereocenters. The zero-order valence-electron chi connectivity index (χ0n) is 18.0. The van der Waals surface area contributed by atoms with Gasteiger partial charge in [0, 0.05) is 30.9 Å². The van der Waals surface area contributed by atoms with E-state index in [0.29, 0.717) is 40.6 Å². The molecular formula is C25H22ClFN4O2. The fourth-order valence-corrected chi connectivity index (χ4v) is 4.25. The number of benzene rings is 1. The predicted octanol–water partition coefficient (Wildman–Crippen LogP) is 4.47. The summed E-state index contributed by atoms with van der Waals surface area (Å²) in [7, 11) is 1.56. The van der Waals surface area contributed by atoms with Crippen LogP contribution in [0.1, 0.15) is 34.5 Å². The van der Waals surface area contributed by atoms with Gasteiger partial charge in [-0.15, -0.1) is 0 Å². The fourth-order valence-electron chi connectivity index (χ4n) is 3.99. The molecule has 5 rings (SSSR count). The molecule has 0 radical (unpaired) electrons. The number of carbonyl (C=O) groups is 1. The lowest BCUT2D eigenvalue weighted by Gasteiger charge is -2.21. The van der Waals surface area contributed by atoms with Crippen molar-refractivity contribution in [3.63, 3.8) is 0 Å². The normalized spacial score (nSPS) is 15.7. The summed E-state index contributed by atoms with van der Waals surface area (Å²) >= 11 is 6.33. The molecule has 0 unspecified atom stereocenters. The second kappa shape index (κ2) is 8.45. The van der Waals surface area contributed by atoms with Gasteiger partial charge in [0.1, 0.15) is 6.67 Å². The zero-order valence-corrected chi connectivity index (χ0v) is 18.8. The van der Waals surface area contributed by atoms with Crippen molar-refractivity contribution in [1.82, 2.24) is 15.0 Å². The number of nitrogens with one attached hydrogen (secondary N) is 2. The fraction of sp³-hybridized carbons (Fsp3) is 0.280. The van der Waals surface area contributed by atoms with Gasteiger partial charge < -0.3 is 10.1 Å². The van der Waals surface area contributed by atoms with Crippen LogP contribution < -0.4 is 15.5 Å². The highest BCUT2D eigenvalue weighted by molar-refractivity contribution is 6.32. The number of nitrogens with zero attached hydrogens (tertiary/aromatic N) is 2. The van der Waals surface area contributed by atoms with Crippen molar-refractivity contribution in [3.8, 4) is 28.8 Å². The molecule has 3 heterocycles. The Morgan fingerprint density at radius 3 is 2.94 bits per heavy atom. The average molecular weight is 465 g/mol. The van der Waals surface area contributed by atoms with E-state index in [4.69, 9.17) is 16.3 Å². The van der Waals surface area contributed by atoms with Gasteiger partial charge in [0.15, 0.2) is 5.75 Å². The number of amides is 1. The van der Waals surface area contributed by atoms with Crippen LogP contribution in [-0.4, -0.2) is 35.9 Å². The minimum atomic E-state index is -0.527. The number of hydrogen-bond acceptors (Lipinski definition) is 4. The number of para-hydroxylation sites is 1. The number of ether oxygens (including phenoxy) is 1. The molecule has 2 N–H and O–H groups in total. The topological polar surface area (TPSA) is 68.2 Å². The van der Waals surface area contributed by atoms with E-state index in [1.54, 1.807) is 25.6 Å². The number of halogens is 2. The number of alkyl halides is 1. The van der Waals surface area contributed by atoms with E-state index in [-0.39, 0.29) is 5.91 Å². The second-order valence-corrected chi connectivity index (χ2v) is 8.66. The molecule has 3 aromatic rings. The number of fused-ring (bicyclic) bond motifs is 1. The van der Waals surface area contributed by atoms with Crippen LogP contribution in [0.2, 0.25) is 5.02 Å². The Bertz CT molecular complexity index is 1300. The Hall–Kier alpha value is -3.50. The number of aromatic nitrogens is 2. The Labute approximate surface area is 196 Å². The summed E-state index contributed by atoms with van der Waals surface area (Å²) in [6.45, 7) is 0.0855. The first kappa shape index (κ1) is 21.4. The number of rotatable bonds is 5. The van der Waals surface area contributed by atoms with Crippen molar-refractivity contribution in [2.24, 2.45) is 5.41 Å². The molecule has 6 nitrogen and oxygen atoms in total. The summed E-state index contributed by atoms with van der Waals surface area (Å²) in [5.74, 6) is 6.61. The van der Waals surface area contributed by atoms with E-state index in [1.807, 2.05) is 28.9 Å². The van der Waals surface area contributed by atoms with Crippen LogP contribution in [0.25, 0.3) is 11.3 Å². The van der Waals surface area contributed by atoms with Crippen LogP contribution in [0.4, 0.5) is 10.1 Å². The average Bonchev–Trinajstić information content (AvgIpc) is 3.53. The maximum atomic E-state index is 13.4. The highest BCUT2D eigenvalue weighted by Crippen LogP contribution is 2.45. The lowest BCUT2D eigenvalue weighted by atomic mass is 10.0. The van der Waals surface area contributed by atoms with Gasteiger partial charge in [0.25, 0.3) is 5.91 Å². The van der Waals surface area contributed by atoms with Gasteiger partial charge in [-0.2, -0.15) is 0 Å². The molecule has 1 aliphatic heterocycles. The maximum absolute atomic E-state index is 13.4.